The second kappa shape index (κ2) is 9.72. The fourth-order valence-electron chi connectivity index (χ4n) is 3.68. The fraction of sp³-hybridized carbons (Fsp3) is 1.00. The fourth-order valence-corrected chi connectivity index (χ4v) is 3.68. The molecule has 8 N–H and O–H groups in total. The summed E-state index contributed by atoms with van der Waals surface area (Å²) in [7, 11) is 0. The van der Waals surface area contributed by atoms with Gasteiger partial charge in [-0.1, -0.05) is 19.3 Å². The molecule has 2 aliphatic carbocycles. The Balaban J connectivity index is 0.000000217. The zero-order valence-electron chi connectivity index (χ0n) is 13.2. The number of nitrogens with two attached hydrogens (primary N) is 4. The molecule has 4 nitrogen and oxygen atoms in total. The molecule has 2 saturated carbocycles. The molecule has 0 aromatic carbocycles. The van der Waals surface area contributed by atoms with E-state index in [1.165, 1.54) is 44.9 Å². The Morgan fingerprint density at radius 1 is 0.700 bits per heavy atom. The van der Waals surface area contributed by atoms with Gasteiger partial charge in [-0.2, -0.15) is 0 Å². The summed E-state index contributed by atoms with van der Waals surface area (Å²) >= 11 is 0. The third-order valence-electron chi connectivity index (χ3n) is 5.08. The van der Waals surface area contributed by atoms with Crippen molar-refractivity contribution >= 4 is 0 Å². The molecular formula is C16H36N4. The van der Waals surface area contributed by atoms with Crippen molar-refractivity contribution in [3.63, 3.8) is 0 Å². The second-order valence-corrected chi connectivity index (χ2v) is 6.81. The van der Waals surface area contributed by atoms with Crippen molar-refractivity contribution in [2.75, 3.05) is 13.1 Å². The summed E-state index contributed by atoms with van der Waals surface area (Å²) in [5, 5.41) is 0. The first-order valence-electron chi connectivity index (χ1n) is 8.53. The Bertz CT molecular complexity index is 205. The maximum Gasteiger partial charge on any atom is 0.00399 e. The van der Waals surface area contributed by atoms with E-state index in [9.17, 15) is 0 Å². The summed E-state index contributed by atoms with van der Waals surface area (Å²) in [5.41, 5.74) is 23.1. The van der Waals surface area contributed by atoms with E-state index in [0.717, 1.165) is 38.8 Å². The molecule has 0 aromatic rings. The quantitative estimate of drug-likeness (QED) is 0.632. The van der Waals surface area contributed by atoms with Crippen LogP contribution in [-0.4, -0.2) is 25.2 Å². The molecule has 0 bridgehead atoms. The molecule has 0 amide bonds. The highest BCUT2D eigenvalue weighted by Crippen LogP contribution is 2.41. The third-order valence-corrected chi connectivity index (χ3v) is 5.08. The van der Waals surface area contributed by atoms with Crippen LogP contribution in [0.15, 0.2) is 0 Å². The van der Waals surface area contributed by atoms with Crippen molar-refractivity contribution in [2.45, 2.75) is 82.7 Å². The lowest BCUT2D eigenvalue weighted by Gasteiger charge is -2.37. The Labute approximate surface area is 125 Å². The molecular weight excluding hydrogens is 248 g/mol. The van der Waals surface area contributed by atoms with Gasteiger partial charge in [0, 0.05) is 12.1 Å². The maximum absolute atomic E-state index is 5.64. The highest BCUT2D eigenvalue weighted by atomic mass is 14.7. The largest absolute Gasteiger partial charge is 0.330 e. The van der Waals surface area contributed by atoms with Gasteiger partial charge in [-0.25, -0.2) is 0 Å². The normalized spacial score (nSPS) is 29.4. The Morgan fingerprint density at radius 2 is 1.10 bits per heavy atom. The lowest BCUT2D eigenvalue weighted by atomic mass is 9.70. The molecule has 0 saturated heterocycles. The molecule has 2 rings (SSSR count). The molecule has 0 spiro atoms. The van der Waals surface area contributed by atoms with Crippen molar-refractivity contribution in [1.82, 2.24) is 0 Å². The summed E-state index contributed by atoms with van der Waals surface area (Å²) in [6.07, 6.45) is 13.8. The predicted octanol–water partition coefficient (Wildman–Crippen LogP) is 1.85. The van der Waals surface area contributed by atoms with Gasteiger partial charge >= 0.3 is 0 Å². The molecule has 0 heterocycles. The summed E-state index contributed by atoms with van der Waals surface area (Å²) in [5.74, 6) is 0. The van der Waals surface area contributed by atoms with Gasteiger partial charge in [0.1, 0.15) is 0 Å². The summed E-state index contributed by atoms with van der Waals surface area (Å²) in [6, 6.07) is 0.879. The van der Waals surface area contributed by atoms with Crippen LogP contribution in [0.4, 0.5) is 0 Å². The first-order valence-corrected chi connectivity index (χ1v) is 8.53. The highest BCUT2D eigenvalue weighted by Gasteiger charge is 2.29. The van der Waals surface area contributed by atoms with Gasteiger partial charge in [0.2, 0.25) is 0 Å². The van der Waals surface area contributed by atoms with E-state index in [2.05, 4.69) is 0 Å². The van der Waals surface area contributed by atoms with Gasteiger partial charge < -0.3 is 22.9 Å². The molecule has 20 heavy (non-hydrogen) atoms. The van der Waals surface area contributed by atoms with Crippen LogP contribution in [-0.2, 0) is 0 Å². The van der Waals surface area contributed by atoms with E-state index in [0.29, 0.717) is 17.5 Å². The van der Waals surface area contributed by atoms with E-state index in [1.54, 1.807) is 0 Å². The SMILES string of the molecule is NC1CCC(N)CC1.NCCC1(CCN)CCCCC1. The van der Waals surface area contributed by atoms with Crippen LogP contribution in [0.2, 0.25) is 0 Å². The highest BCUT2D eigenvalue weighted by molar-refractivity contribution is 4.83. The van der Waals surface area contributed by atoms with Crippen molar-refractivity contribution in [2.24, 2.45) is 28.3 Å². The van der Waals surface area contributed by atoms with Crippen LogP contribution in [0.1, 0.15) is 70.6 Å². The zero-order chi connectivity index (χ0) is 14.8. The summed E-state index contributed by atoms with van der Waals surface area (Å²) in [4.78, 5) is 0. The monoisotopic (exact) mass is 284 g/mol. The predicted molar refractivity (Wildman–Crippen MR) is 87.3 cm³/mol. The summed E-state index contributed by atoms with van der Waals surface area (Å²) < 4.78 is 0. The van der Waals surface area contributed by atoms with E-state index < -0.39 is 0 Å². The Hall–Kier alpha value is -0.160. The average Bonchev–Trinajstić information content (AvgIpc) is 2.44. The maximum atomic E-state index is 5.64. The van der Waals surface area contributed by atoms with Gasteiger partial charge in [-0.3, -0.25) is 0 Å². The smallest absolute Gasteiger partial charge is 0.00399 e. The van der Waals surface area contributed by atoms with Crippen LogP contribution >= 0.6 is 0 Å². The molecule has 4 heteroatoms. The van der Waals surface area contributed by atoms with Gasteiger partial charge in [-0.15, -0.1) is 0 Å². The first kappa shape index (κ1) is 17.9. The standard InChI is InChI=1S/C10H22N2.C6H14N2/c11-8-6-10(7-9-12)4-2-1-3-5-10;7-5-1-2-6(8)4-3-5/h1-9,11-12H2;5-6H,1-4,7-8H2. The topological polar surface area (TPSA) is 104 Å². The summed E-state index contributed by atoms with van der Waals surface area (Å²) in [6.45, 7) is 1.67. The number of rotatable bonds is 4. The van der Waals surface area contributed by atoms with Gasteiger partial charge in [0.15, 0.2) is 0 Å². The lowest BCUT2D eigenvalue weighted by molar-refractivity contribution is 0.164. The van der Waals surface area contributed by atoms with Crippen molar-refractivity contribution in [1.29, 1.82) is 0 Å². The molecule has 0 aromatic heterocycles. The number of hydrogen-bond donors (Lipinski definition) is 4. The van der Waals surface area contributed by atoms with Crippen LogP contribution in [0.3, 0.4) is 0 Å². The minimum Gasteiger partial charge on any atom is -0.330 e. The first-order chi connectivity index (χ1) is 9.62. The van der Waals surface area contributed by atoms with Crippen molar-refractivity contribution in [3.8, 4) is 0 Å². The van der Waals surface area contributed by atoms with Crippen LogP contribution in [0.25, 0.3) is 0 Å². The molecule has 120 valence electrons. The van der Waals surface area contributed by atoms with Gasteiger partial charge in [-0.05, 0) is 69.9 Å². The van der Waals surface area contributed by atoms with Crippen LogP contribution in [0, 0.1) is 5.41 Å². The number of hydrogen-bond acceptors (Lipinski definition) is 4. The van der Waals surface area contributed by atoms with Crippen LogP contribution < -0.4 is 22.9 Å². The van der Waals surface area contributed by atoms with Crippen molar-refractivity contribution in [3.05, 3.63) is 0 Å². The minimum atomic E-state index is 0.440. The van der Waals surface area contributed by atoms with E-state index in [4.69, 9.17) is 22.9 Å². The Morgan fingerprint density at radius 3 is 1.45 bits per heavy atom. The molecule has 2 fully saturated rings. The van der Waals surface area contributed by atoms with E-state index in [1.807, 2.05) is 0 Å². The molecule has 2 aliphatic rings. The molecule has 0 unspecified atom stereocenters. The second-order valence-electron chi connectivity index (χ2n) is 6.81. The molecule has 0 aliphatic heterocycles. The van der Waals surface area contributed by atoms with Gasteiger partial charge in [0.25, 0.3) is 0 Å². The zero-order valence-corrected chi connectivity index (χ0v) is 13.2. The van der Waals surface area contributed by atoms with E-state index in [-0.39, 0.29) is 0 Å². The minimum absolute atomic E-state index is 0.440. The molecule has 0 atom stereocenters. The average molecular weight is 284 g/mol. The third kappa shape index (κ3) is 6.53. The molecule has 0 radical (unpaired) electrons. The van der Waals surface area contributed by atoms with Crippen LogP contribution in [0.5, 0.6) is 0 Å². The lowest BCUT2D eigenvalue weighted by Crippen LogP contribution is -2.33. The van der Waals surface area contributed by atoms with Crippen molar-refractivity contribution < 1.29 is 0 Å². The Kier molecular flexibility index (Phi) is 8.69. The van der Waals surface area contributed by atoms with Gasteiger partial charge in [0.05, 0.1) is 0 Å². The van der Waals surface area contributed by atoms with E-state index >= 15 is 0 Å².